The number of hydrogen-bond acceptors (Lipinski definition) is 7. The van der Waals surface area contributed by atoms with Gasteiger partial charge in [-0.25, -0.2) is 4.98 Å². The summed E-state index contributed by atoms with van der Waals surface area (Å²) in [5.41, 5.74) is 4.80. The number of methoxy groups -OCH3 is 1. The van der Waals surface area contributed by atoms with Crippen molar-refractivity contribution in [1.82, 2.24) is 19.4 Å². The van der Waals surface area contributed by atoms with Crippen LogP contribution in [0, 0.1) is 6.92 Å². The minimum absolute atomic E-state index is 0.167. The van der Waals surface area contributed by atoms with Crippen LogP contribution >= 0.6 is 0 Å². The molecule has 37 heavy (non-hydrogen) atoms. The number of benzene rings is 2. The lowest BCUT2D eigenvalue weighted by Gasteiger charge is -2.41. The number of piperidine rings is 1. The first kappa shape index (κ1) is 23.0. The topological polar surface area (TPSA) is 89.3 Å². The molecule has 0 spiro atoms. The van der Waals surface area contributed by atoms with Crippen LogP contribution in [0.3, 0.4) is 0 Å². The van der Waals surface area contributed by atoms with Crippen molar-refractivity contribution in [2.24, 2.45) is 5.16 Å². The summed E-state index contributed by atoms with van der Waals surface area (Å²) in [6, 6.07) is 12.8. The van der Waals surface area contributed by atoms with Gasteiger partial charge in [0.25, 0.3) is 11.8 Å². The van der Waals surface area contributed by atoms with Crippen LogP contribution in [0.2, 0.25) is 0 Å². The van der Waals surface area contributed by atoms with E-state index in [2.05, 4.69) is 21.1 Å². The van der Waals surface area contributed by atoms with Gasteiger partial charge in [-0.2, -0.15) is 0 Å². The molecule has 3 aromatic rings. The summed E-state index contributed by atoms with van der Waals surface area (Å²) >= 11 is 0. The third kappa shape index (κ3) is 4.06. The molecule has 9 nitrogen and oxygen atoms in total. The van der Waals surface area contributed by atoms with Gasteiger partial charge in [-0.15, -0.1) is 0 Å². The van der Waals surface area contributed by atoms with E-state index in [1.165, 1.54) is 4.90 Å². The van der Waals surface area contributed by atoms with Gasteiger partial charge in [0.2, 0.25) is 0 Å². The molecule has 1 fully saturated rings. The molecular formula is C28H27N5O4. The highest BCUT2D eigenvalue weighted by Crippen LogP contribution is 2.30. The van der Waals surface area contributed by atoms with Gasteiger partial charge >= 0.3 is 0 Å². The molecule has 2 amide bonds. The van der Waals surface area contributed by atoms with Crippen molar-refractivity contribution in [2.75, 3.05) is 26.8 Å². The summed E-state index contributed by atoms with van der Waals surface area (Å²) in [6.07, 6.45) is 7.62. The Morgan fingerprint density at radius 3 is 2.62 bits per heavy atom. The van der Waals surface area contributed by atoms with E-state index in [1.807, 2.05) is 35.9 Å². The summed E-state index contributed by atoms with van der Waals surface area (Å²) in [7, 11) is 1.66. The highest BCUT2D eigenvalue weighted by molar-refractivity contribution is 6.21. The Bertz CT molecular complexity index is 1420. The maximum absolute atomic E-state index is 12.9. The van der Waals surface area contributed by atoms with Crippen LogP contribution in [-0.2, 0) is 4.84 Å². The predicted molar refractivity (Wildman–Crippen MR) is 138 cm³/mol. The zero-order chi connectivity index (χ0) is 25.5. The molecule has 1 saturated heterocycles. The van der Waals surface area contributed by atoms with E-state index in [4.69, 9.17) is 9.57 Å². The normalized spacial score (nSPS) is 20.0. The van der Waals surface area contributed by atoms with E-state index in [0.717, 1.165) is 53.5 Å². The molecule has 9 heteroatoms. The summed E-state index contributed by atoms with van der Waals surface area (Å²) in [6.45, 7) is 3.31. The number of carbonyl (C=O) groups is 2. The van der Waals surface area contributed by atoms with Crippen molar-refractivity contribution in [2.45, 2.75) is 25.8 Å². The third-order valence-electron chi connectivity index (χ3n) is 7.07. The Hall–Kier alpha value is -4.40. The fourth-order valence-electron chi connectivity index (χ4n) is 5.24. The lowest BCUT2D eigenvalue weighted by atomic mass is 9.98. The number of carbonyl (C=O) groups excluding carboxylic acids is 2. The van der Waals surface area contributed by atoms with Gasteiger partial charge in [0.05, 0.1) is 48.5 Å². The van der Waals surface area contributed by atoms with E-state index < -0.39 is 0 Å². The molecule has 0 radical (unpaired) electrons. The van der Waals surface area contributed by atoms with Gasteiger partial charge in [-0.3, -0.25) is 14.5 Å². The lowest BCUT2D eigenvalue weighted by Crippen LogP contribution is -2.54. The Balaban J connectivity index is 1.24. The van der Waals surface area contributed by atoms with Crippen molar-refractivity contribution >= 4 is 23.7 Å². The minimum atomic E-state index is -0.252. The first-order valence-electron chi connectivity index (χ1n) is 12.4. The van der Waals surface area contributed by atoms with E-state index in [-0.39, 0.29) is 24.4 Å². The van der Waals surface area contributed by atoms with E-state index in [1.54, 1.807) is 37.7 Å². The van der Waals surface area contributed by atoms with Crippen molar-refractivity contribution in [3.63, 3.8) is 0 Å². The molecule has 0 N–H and O–H groups in total. The van der Waals surface area contributed by atoms with Gasteiger partial charge in [-0.05, 0) is 61.2 Å². The predicted octanol–water partition coefficient (Wildman–Crippen LogP) is 3.68. The van der Waals surface area contributed by atoms with Gasteiger partial charge in [0, 0.05) is 12.7 Å². The number of aryl methyl sites for hydroxylation is 1. The Kier molecular flexibility index (Phi) is 5.75. The number of nitrogens with zero attached hydrogens (tertiary/aromatic N) is 5. The number of ether oxygens (including phenoxy) is 1. The Morgan fingerprint density at radius 1 is 1.14 bits per heavy atom. The first-order valence-corrected chi connectivity index (χ1v) is 12.4. The summed E-state index contributed by atoms with van der Waals surface area (Å²) in [5, 5.41) is 4.38. The quantitative estimate of drug-likeness (QED) is 0.500. The fraction of sp³-hybridized carbons (Fsp3) is 0.286. The van der Waals surface area contributed by atoms with Crippen molar-refractivity contribution in [1.29, 1.82) is 0 Å². The molecule has 0 bridgehead atoms. The number of aromatic nitrogens is 2. The maximum atomic E-state index is 12.9. The molecule has 1 aromatic heterocycles. The van der Waals surface area contributed by atoms with E-state index >= 15 is 0 Å². The van der Waals surface area contributed by atoms with Crippen LogP contribution in [0.15, 0.2) is 65.7 Å². The number of hydrogen-bond donors (Lipinski definition) is 0. The number of amides is 2. The van der Waals surface area contributed by atoms with E-state index in [0.29, 0.717) is 17.7 Å². The molecule has 0 saturated carbocycles. The van der Waals surface area contributed by atoms with Crippen molar-refractivity contribution in [3.8, 4) is 11.4 Å². The highest BCUT2D eigenvalue weighted by atomic mass is 16.6. The van der Waals surface area contributed by atoms with Gasteiger partial charge in [-0.1, -0.05) is 23.4 Å². The zero-order valence-electron chi connectivity index (χ0n) is 20.8. The molecule has 2 aromatic carbocycles. The number of oxime groups is 1. The number of imide groups is 1. The fourth-order valence-corrected chi connectivity index (χ4v) is 5.24. The third-order valence-corrected chi connectivity index (χ3v) is 7.07. The van der Waals surface area contributed by atoms with Crippen LogP contribution in [0.5, 0.6) is 5.75 Å². The second kappa shape index (κ2) is 9.24. The zero-order valence-corrected chi connectivity index (χ0v) is 20.8. The summed E-state index contributed by atoms with van der Waals surface area (Å²) in [4.78, 5) is 39.3. The molecule has 3 aliphatic rings. The average molecular weight is 498 g/mol. The second-order valence-corrected chi connectivity index (χ2v) is 9.45. The van der Waals surface area contributed by atoms with Crippen molar-refractivity contribution < 1.29 is 19.2 Å². The van der Waals surface area contributed by atoms with E-state index in [9.17, 15) is 9.59 Å². The lowest BCUT2D eigenvalue weighted by molar-refractivity contribution is 0.0359. The molecule has 1 atom stereocenters. The summed E-state index contributed by atoms with van der Waals surface area (Å²) in [5.74, 6) is 0.993. The van der Waals surface area contributed by atoms with Crippen LogP contribution in [0.1, 0.15) is 44.8 Å². The van der Waals surface area contributed by atoms with Gasteiger partial charge < -0.3 is 19.0 Å². The SMILES string of the molecule is COc1cc(C=C2CCCN3C2=NOC[C@@H]3CN2C(=O)c3ccccc3C2=O)ccc1-n1cnc(C)c1. The second-order valence-electron chi connectivity index (χ2n) is 9.45. The van der Waals surface area contributed by atoms with Crippen LogP contribution in [0.4, 0.5) is 0 Å². The minimum Gasteiger partial charge on any atom is -0.495 e. The number of rotatable bonds is 5. The largest absolute Gasteiger partial charge is 0.495 e. The van der Waals surface area contributed by atoms with Crippen molar-refractivity contribution in [3.05, 3.63) is 82.9 Å². The number of imidazole rings is 1. The van der Waals surface area contributed by atoms with Crippen LogP contribution < -0.4 is 4.74 Å². The Labute approximate surface area is 214 Å². The molecule has 4 heterocycles. The molecular weight excluding hydrogens is 470 g/mol. The average Bonchev–Trinajstić information content (AvgIpc) is 3.46. The molecule has 3 aliphatic heterocycles. The monoisotopic (exact) mass is 497 g/mol. The van der Waals surface area contributed by atoms with Gasteiger partial charge in [0.1, 0.15) is 12.4 Å². The van der Waals surface area contributed by atoms with Gasteiger partial charge in [0.15, 0.2) is 5.84 Å². The number of amidine groups is 1. The Morgan fingerprint density at radius 2 is 1.92 bits per heavy atom. The summed E-state index contributed by atoms with van der Waals surface area (Å²) < 4.78 is 7.61. The molecule has 0 aliphatic carbocycles. The van der Waals surface area contributed by atoms with Crippen LogP contribution in [-0.4, -0.2) is 69.8 Å². The maximum Gasteiger partial charge on any atom is 0.261 e. The standard InChI is InChI=1S/C28H27N5O4/c1-18-14-31(17-29-18)24-10-9-19(13-25(24)36-2)12-20-6-5-11-32-21(16-37-30-26(20)32)15-33-27(34)22-7-3-4-8-23(22)28(33)35/h3-4,7-10,12-14,17,21H,5-6,11,15-16H2,1-2H3/t21-/m0/s1. The molecule has 188 valence electrons. The first-order chi connectivity index (χ1) is 18.0. The highest BCUT2D eigenvalue weighted by Gasteiger charge is 2.40. The smallest absolute Gasteiger partial charge is 0.261 e. The number of fused-ring (bicyclic) bond motifs is 2. The molecule has 6 rings (SSSR count). The van der Waals surface area contributed by atoms with Crippen LogP contribution in [0.25, 0.3) is 11.8 Å². The molecule has 0 unspecified atom stereocenters.